The van der Waals surface area contributed by atoms with E-state index in [-0.39, 0.29) is 12.0 Å². The molecule has 20 heavy (non-hydrogen) atoms. The molecule has 2 saturated carbocycles. The monoisotopic (exact) mass is 280 g/mol. The zero-order chi connectivity index (χ0) is 14.7. The molecule has 0 aliphatic heterocycles. The molecule has 2 fully saturated rings. The normalized spacial score (nSPS) is 31.8. The Morgan fingerprint density at radius 3 is 2.45 bits per heavy atom. The fourth-order valence-electron chi connectivity index (χ4n) is 3.94. The van der Waals surface area contributed by atoms with Gasteiger partial charge in [0, 0.05) is 24.5 Å². The molecular weight excluding hydrogens is 248 g/mol. The first-order valence-electron chi connectivity index (χ1n) is 8.55. The molecule has 2 aliphatic carbocycles. The molecule has 3 heteroatoms. The third-order valence-corrected chi connectivity index (χ3v) is 5.16. The van der Waals surface area contributed by atoms with Crippen molar-refractivity contribution in [3.63, 3.8) is 0 Å². The maximum atomic E-state index is 13.0. The van der Waals surface area contributed by atoms with Crippen LogP contribution in [0.1, 0.15) is 65.7 Å². The number of carbonyl (C=O) groups is 1. The van der Waals surface area contributed by atoms with Crippen molar-refractivity contribution in [3.05, 3.63) is 0 Å². The molecule has 3 atom stereocenters. The van der Waals surface area contributed by atoms with Crippen LogP contribution in [-0.4, -0.2) is 29.4 Å². The van der Waals surface area contributed by atoms with E-state index in [4.69, 9.17) is 5.73 Å². The van der Waals surface area contributed by atoms with Gasteiger partial charge in [-0.2, -0.15) is 0 Å². The molecule has 0 bridgehead atoms. The van der Waals surface area contributed by atoms with Gasteiger partial charge in [0.05, 0.1) is 0 Å². The number of carbonyl (C=O) groups excluding carboxylic acids is 1. The maximum absolute atomic E-state index is 13.0. The van der Waals surface area contributed by atoms with Crippen LogP contribution >= 0.6 is 0 Å². The van der Waals surface area contributed by atoms with Gasteiger partial charge in [0.25, 0.3) is 0 Å². The van der Waals surface area contributed by atoms with Gasteiger partial charge in [-0.25, -0.2) is 0 Å². The Morgan fingerprint density at radius 1 is 1.20 bits per heavy atom. The molecule has 3 unspecified atom stereocenters. The van der Waals surface area contributed by atoms with E-state index in [1.807, 2.05) is 0 Å². The van der Waals surface area contributed by atoms with E-state index < -0.39 is 0 Å². The lowest BCUT2D eigenvalue weighted by molar-refractivity contribution is -0.141. The minimum absolute atomic E-state index is 0.165. The first-order valence-corrected chi connectivity index (χ1v) is 8.55. The zero-order valence-corrected chi connectivity index (χ0v) is 13.5. The highest BCUT2D eigenvalue weighted by Gasteiger charge is 2.37. The van der Waals surface area contributed by atoms with E-state index in [0.29, 0.717) is 23.8 Å². The van der Waals surface area contributed by atoms with Crippen LogP contribution in [0.2, 0.25) is 0 Å². The molecule has 2 N–H and O–H groups in total. The Balaban J connectivity index is 2.07. The molecule has 2 aliphatic rings. The summed E-state index contributed by atoms with van der Waals surface area (Å²) in [5.74, 6) is 1.61. The third-order valence-electron chi connectivity index (χ3n) is 5.16. The first kappa shape index (κ1) is 15.8. The predicted octanol–water partition coefficient (Wildman–Crippen LogP) is 3.18. The summed E-state index contributed by atoms with van der Waals surface area (Å²) in [7, 11) is 0. The summed E-state index contributed by atoms with van der Waals surface area (Å²) in [6, 6.07) is 0.722. The van der Waals surface area contributed by atoms with Crippen LogP contribution in [0.5, 0.6) is 0 Å². The molecular formula is C17H32N2O. The Hall–Kier alpha value is -0.570. The van der Waals surface area contributed by atoms with Crippen molar-refractivity contribution in [1.82, 2.24) is 4.90 Å². The van der Waals surface area contributed by atoms with Crippen LogP contribution in [0.3, 0.4) is 0 Å². The lowest BCUT2D eigenvalue weighted by Gasteiger charge is -2.38. The summed E-state index contributed by atoms with van der Waals surface area (Å²) in [5, 5.41) is 0. The van der Waals surface area contributed by atoms with Gasteiger partial charge in [-0.1, -0.05) is 33.6 Å². The van der Waals surface area contributed by atoms with Crippen LogP contribution in [-0.2, 0) is 4.79 Å². The van der Waals surface area contributed by atoms with Crippen LogP contribution in [0, 0.1) is 17.8 Å². The van der Waals surface area contributed by atoms with Crippen molar-refractivity contribution in [3.8, 4) is 0 Å². The second-order valence-electron chi connectivity index (χ2n) is 7.48. The molecule has 0 aromatic rings. The smallest absolute Gasteiger partial charge is 0.226 e. The number of nitrogens with zero attached hydrogens (tertiary/aromatic N) is 1. The quantitative estimate of drug-likeness (QED) is 0.859. The topological polar surface area (TPSA) is 46.3 Å². The first-order chi connectivity index (χ1) is 9.49. The van der Waals surface area contributed by atoms with Gasteiger partial charge in [-0.05, 0) is 43.9 Å². The van der Waals surface area contributed by atoms with Gasteiger partial charge in [-0.3, -0.25) is 4.79 Å². The average Bonchev–Trinajstić information content (AvgIpc) is 2.91. The number of amides is 1. The largest absolute Gasteiger partial charge is 0.339 e. The molecule has 0 aromatic heterocycles. The van der Waals surface area contributed by atoms with Gasteiger partial charge in [0.1, 0.15) is 0 Å². The number of rotatable bonds is 4. The molecule has 0 heterocycles. The Morgan fingerprint density at radius 2 is 1.85 bits per heavy atom. The lowest BCUT2D eigenvalue weighted by atomic mass is 9.77. The molecule has 0 aromatic carbocycles. The average molecular weight is 280 g/mol. The van der Waals surface area contributed by atoms with Crippen LogP contribution in [0.4, 0.5) is 0 Å². The number of hydrogen-bond donors (Lipinski definition) is 1. The minimum Gasteiger partial charge on any atom is -0.339 e. The fourth-order valence-corrected chi connectivity index (χ4v) is 3.94. The molecule has 1 amide bonds. The van der Waals surface area contributed by atoms with Crippen LogP contribution in [0.25, 0.3) is 0 Å². The molecule has 3 nitrogen and oxygen atoms in total. The Kier molecular flexibility index (Phi) is 5.48. The zero-order valence-electron chi connectivity index (χ0n) is 13.5. The van der Waals surface area contributed by atoms with Gasteiger partial charge in [-0.15, -0.1) is 0 Å². The Labute approximate surface area is 124 Å². The van der Waals surface area contributed by atoms with E-state index >= 15 is 0 Å². The van der Waals surface area contributed by atoms with Gasteiger partial charge >= 0.3 is 0 Å². The number of nitrogens with two attached hydrogens (primary N) is 1. The summed E-state index contributed by atoms with van der Waals surface area (Å²) in [6.45, 7) is 7.58. The van der Waals surface area contributed by atoms with Crippen molar-refractivity contribution in [2.45, 2.75) is 77.8 Å². The van der Waals surface area contributed by atoms with Gasteiger partial charge in [0.15, 0.2) is 0 Å². The summed E-state index contributed by atoms with van der Waals surface area (Å²) in [6.07, 6.45) is 8.05. The predicted molar refractivity (Wildman–Crippen MR) is 83.3 cm³/mol. The molecule has 0 radical (unpaired) electrons. The summed E-state index contributed by atoms with van der Waals surface area (Å²) in [5.41, 5.74) is 6.11. The van der Waals surface area contributed by atoms with Crippen LogP contribution in [0.15, 0.2) is 0 Å². The number of hydrogen-bond acceptors (Lipinski definition) is 2. The minimum atomic E-state index is 0.165. The van der Waals surface area contributed by atoms with Crippen molar-refractivity contribution in [2.24, 2.45) is 23.5 Å². The fraction of sp³-hybridized carbons (Fsp3) is 0.941. The molecule has 0 spiro atoms. The molecule has 116 valence electrons. The Bertz CT molecular complexity index is 323. The van der Waals surface area contributed by atoms with E-state index in [2.05, 4.69) is 25.7 Å². The highest BCUT2D eigenvalue weighted by molar-refractivity contribution is 5.79. The summed E-state index contributed by atoms with van der Waals surface area (Å²) < 4.78 is 0. The maximum Gasteiger partial charge on any atom is 0.226 e. The van der Waals surface area contributed by atoms with E-state index in [1.165, 1.54) is 25.7 Å². The van der Waals surface area contributed by atoms with Crippen molar-refractivity contribution >= 4 is 5.91 Å². The highest BCUT2D eigenvalue weighted by Crippen LogP contribution is 2.33. The summed E-state index contributed by atoms with van der Waals surface area (Å²) >= 11 is 0. The van der Waals surface area contributed by atoms with Crippen molar-refractivity contribution in [2.75, 3.05) is 6.54 Å². The van der Waals surface area contributed by atoms with Gasteiger partial charge < -0.3 is 10.6 Å². The second kappa shape index (κ2) is 6.93. The lowest BCUT2D eigenvalue weighted by Crippen LogP contribution is -2.48. The molecule has 2 rings (SSSR count). The SMILES string of the molecule is CC(C)CN(C(=O)C1CC(N)CCC1C)C1CCCC1. The second-order valence-corrected chi connectivity index (χ2v) is 7.48. The third kappa shape index (κ3) is 3.75. The van der Waals surface area contributed by atoms with Crippen molar-refractivity contribution < 1.29 is 4.79 Å². The van der Waals surface area contributed by atoms with E-state index in [0.717, 1.165) is 25.8 Å². The van der Waals surface area contributed by atoms with Gasteiger partial charge in [0.2, 0.25) is 5.91 Å². The summed E-state index contributed by atoms with van der Waals surface area (Å²) in [4.78, 5) is 15.3. The molecule has 0 saturated heterocycles. The van der Waals surface area contributed by atoms with E-state index in [9.17, 15) is 4.79 Å². The van der Waals surface area contributed by atoms with E-state index in [1.54, 1.807) is 0 Å². The standard InChI is InChI=1S/C17H32N2O/c1-12(2)11-19(15-6-4-5-7-15)17(20)16-10-14(18)9-8-13(16)3/h12-16H,4-11,18H2,1-3H3. The van der Waals surface area contributed by atoms with Crippen molar-refractivity contribution in [1.29, 1.82) is 0 Å². The highest BCUT2D eigenvalue weighted by atomic mass is 16.2. The van der Waals surface area contributed by atoms with Crippen LogP contribution < -0.4 is 5.73 Å².